The molecule has 0 bridgehead atoms. The van der Waals surface area contributed by atoms with Crippen LogP contribution in [0, 0.1) is 0 Å². The second kappa shape index (κ2) is 59.1. The maximum absolute atomic E-state index is 13.6. The van der Waals surface area contributed by atoms with E-state index in [0.717, 1.165) is 83.5 Å². The van der Waals surface area contributed by atoms with Crippen LogP contribution in [0.2, 0.25) is 0 Å². The number of esters is 1. The minimum Gasteiger partial charge on any atom is -0.456 e. The molecule has 10 heteroatoms. The number of hydrogen-bond acceptors (Lipinski definition) is 6. The molecule has 0 saturated heterocycles. The van der Waals surface area contributed by atoms with Crippen molar-refractivity contribution in [2.24, 2.45) is 0 Å². The number of nitrogens with zero attached hydrogens (tertiary/aromatic N) is 1. The fraction of sp³-hybridized carbons (Fsp3) is 0.855. The third-order valence-corrected chi connectivity index (χ3v) is 16.3. The zero-order valence-electron chi connectivity index (χ0n) is 53.1. The van der Waals surface area contributed by atoms with Gasteiger partial charge in [-0.1, -0.05) is 294 Å². The van der Waals surface area contributed by atoms with Crippen molar-refractivity contribution in [3.05, 3.63) is 48.6 Å². The van der Waals surface area contributed by atoms with Crippen molar-refractivity contribution in [2.75, 3.05) is 40.9 Å². The Kier molecular flexibility index (Phi) is 57.6. The van der Waals surface area contributed by atoms with E-state index >= 15 is 0 Å². The molecule has 0 rings (SSSR count). The molecule has 3 unspecified atom stereocenters. The van der Waals surface area contributed by atoms with Gasteiger partial charge in [0.05, 0.1) is 33.8 Å². The number of phosphoric acid groups is 1. The van der Waals surface area contributed by atoms with Crippen LogP contribution in [-0.4, -0.2) is 74.3 Å². The van der Waals surface area contributed by atoms with Crippen LogP contribution in [0.1, 0.15) is 329 Å². The molecule has 0 aromatic heterocycles. The molecule has 0 heterocycles. The van der Waals surface area contributed by atoms with Gasteiger partial charge in [0.1, 0.15) is 19.3 Å². The molecule has 0 aliphatic rings. The Balaban J connectivity index is 5.18. The molecule has 9 nitrogen and oxygen atoms in total. The molecule has 0 aliphatic carbocycles. The Morgan fingerprint density at radius 1 is 0.443 bits per heavy atom. The first kappa shape index (κ1) is 77.0. The smallest absolute Gasteiger partial charge is 0.456 e. The van der Waals surface area contributed by atoms with Crippen molar-refractivity contribution >= 4 is 19.7 Å². The molecule has 2 N–H and O–H groups in total. The Hall–Kier alpha value is -2.03. The number of phosphoric ester groups is 1. The highest BCUT2D eigenvalue weighted by atomic mass is 31.2. The van der Waals surface area contributed by atoms with Crippen LogP contribution in [0.5, 0.6) is 0 Å². The molecular formula is C69H132N2O7P+. The van der Waals surface area contributed by atoms with Gasteiger partial charge >= 0.3 is 13.8 Å². The van der Waals surface area contributed by atoms with Gasteiger partial charge in [-0.25, -0.2) is 4.57 Å². The van der Waals surface area contributed by atoms with Crippen molar-refractivity contribution in [1.29, 1.82) is 0 Å². The second-order valence-corrected chi connectivity index (χ2v) is 25.8. The lowest BCUT2D eigenvalue weighted by Gasteiger charge is -2.27. The summed E-state index contributed by atoms with van der Waals surface area (Å²) in [6.45, 7) is 7.03. The van der Waals surface area contributed by atoms with E-state index < -0.39 is 20.0 Å². The number of likely N-dealkylation sites (N-methyl/N-ethyl adjacent to an activating group) is 1. The normalized spacial score (nSPS) is 13.9. The molecule has 0 spiro atoms. The summed E-state index contributed by atoms with van der Waals surface area (Å²) < 4.78 is 30.8. The van der Waals surface area contributed by atoms with Crippen LogP contribution >= 0.6 is 7.82 Å². The zero-order valence-corrected chi connectivity index (χ0v) is 54.0. The zero-order chi connectivity index (χ0) is 57.9. The highest BCUT2D eigenvalue weighted by molar-refractivity contribution is 7.47. The van der Waals surface area contributed by atoms with Crippen molar-refractivity contribution in [3.8, 4) is 0 Å². The van der Waals surface area contributed by atoms with E-state index in [-0.39, 0.29) is 25.1 Å². The van der Waals surface area contributed by atoms with E-state index in [9.17, 15) is 19.0 Å². The summed E-state index contributed by atoms with van der Waals surface area (Å²) in [5.41, 5.74) is 0. The van der Waals surface area contributed by atoms with E-state index in [0.29, 0.717) is 23.9 Å². The number of quaternary nitrogens is 1. The fourth-order valence-corrected chi connectivity index (χ4v) is 10.7. The lowest BCUT2D eigenvalue weighted by molar-refractivity contribution is -0.870. The summed E-state index contributed by atoms with van der Waals surface area (Å²) in [4.78, 5) is 37.8. The third-order valence-electron chi connectivity index (χ3n) is 15.3. The molecule has 0 aliphatic heterocycles. The molecule has 0 aromatic rings. The number of unbranched alkanes of at least 4 members (excludes halogenated alkanes) is 40. The highest BCUT2D eigenvalue weighted by Gasteiger charge is 2.30. The van der Waals surface area contributed by atoms with Crippen LogP contribution in [0.3, 0.4) is 0 Å². The van der Waals surface area contributed by atoms with Gasteiger partial charge in [0.25, 0.3) is 0 Å². The predicted octanol–water partition coefficient (Wildman–Crippen LogP) is 21.2. The van der Waals surface area contributed by atoms with Crippen molar-refractivity contribution in [3.63, 3.8) is 0 Å². The van der Waals surface area contributed by atoms with E-state index in [4.69, 9.17) is 13.8 Å². The lowest BCUT2D eigenvalue weighted by atomic mass is 10.0. The number of carbonyl (C=O) groups is 2. The molecule has 0 saturated carbocycles. The van der Waals surface area contributed by atoms with Crippen LogP contribution in [0.25, 0.3) is 0 Å². The van der Waals surface area contributed by atoms with Crippen molar-refractivity contribution < 1.29 is 37.3 Å². The number of nitrogens with one attached hydrogen (secondary N) is 1. The molecule has 3 atom stereocenters. The van der Waals surface area contributed by atoms with Gasteiger partial charge in [-0.05, 0) is 70.3 Å². The first-order valence-electron chi connectivity index (χ1n) is 34.0. The molecule has 0 fully saturated rings. The topological polar surface area (TPSA) is 111 Å². The number of hydrogen-bond donors (Lipinski definition) is 2. The summed E-state index contributed by atoms with van der Waals surface area (Å²) in [5.74, 6) is -0.498. The second-order valence-electron chi connectivity index (χ2n) is 24.4. The van der Waals surface area contributed by atoms with E-state index in [1.165, 1.54) is 212 Å². The van der Waals surface area contributed by atoms with Crippen LogP contribution in [0.15, 0.2) is 48.6 Å². The van der Waals surface area contributed by atoms with Gasteiger partial charge in [-0.3, -0.25) is 18.6 Å². The van der Waals surface area contributed by atoms with Gasteiger partial charge in [0.15, 0.2) is 0 Å². The standard InChI is InChI=1S/C69H131N2O7P/c1-7-10-13-16-19-22-25-28-30-32-34-35-37-38-40-43-46-49-52-55-58-61-68(72)70-66(65-77-79(74,75)76-64-63-71(4,5)6)67(60-57-54-51-48-45-42-27-24-21-18-15-12-9-3)78-69(73)62-59-56-53-50-47-44-41-39-36-33-31-29-26-23-20-17-14-11-8-2/h19,22,28,30,34-35,57,60,66-67H,7-18,20-21,23-27,29,31-33,36-56,58-59,61-65H2,1-6H3,(H-,70,72,74,75)/p+1/b22-19-,30-28-,35-34-,60-57+. The maximum Gasteiger partial charge on any atom is 0.472 e. The van der Waals surface area contributed by atoms with Crippen LogP contribution in [-0.2, 0) is 27.9 Å². The first-order valence-corrected chi connectivity index (χ1v) is 35.5. The highest BCUT2D eigenvalue weighted by Crippen LogP contribution is 2.43. The average molecular weight is 1130 g/mol. The number of amides is 1. The molecule has 464 valence electrons. The van der Waals surface area contributed by atoms with Crippen LogP contribution < -0.4 is 5.32 Å². The quantitative estimate of drug-likeness (QED) is 0.0205. The lowest BCUT2D eigenvalue weighted by Crippen LogP contribution is -2.47. The molecule has 1 amide bonds. The number of rotatable bonds is 62. The van der Waals surface area contributed by atoms with E-state index in [2.05, 4.69) is 62.5 Å². The Morgan fingerprint density at radius 2 is 0.772 bits per heavy atom. The largest absolute Gasteiger partial charge is 0.472 e. The summed E-state index contributed by atoms with van der Waals surface area (Å²) >= 11 is 0. The van der Waals surface area contributed by atoms with E-state index in [1.807, 2.05) is 33.3 Å². The Morgan fingerprint density at radius 3 is 1.18 bits per heavy atom. The minimum atomic E-state index is -4.45. The Bertz CT molecular complexity index is 1490. The Labute approximate surface area is 490 Å². The molecule has 0 radical (unpaired) electrons. The molecule has 79 heavy (non-hydrogen) atoms. The summed E-state index contributed by atoms with van der Waals surface area (Å²) in [6, 6.07) is -0.851. The van der Waals surface area contributed by atoms with Gasteiger partial charge < -0.3 is 19.4 Å². The van der Waals surface area contributed by atoms with Gasteiger partial charge in [0, 0.05) is 12.8 Å². The summed E-state index contributed by atoms with van der Waals surface area (Å²) in [6.07, 6.45) is 73.9. The molecular weight excluding hydrogens is 1000 g/mol. The van der Waals surface area contributed by atoms with Crippen LogP contribution in [0.4, 0.5) is 0 Å². The first-order chi connectivity index (χ1) is 38.4. The summed E-state index contributed by atoms with van der Waals surface area (Å²) in [7, 11) is 1.50. The maximum atomic E-state index is 13.6. The van der Waals surface area contributed by atoms with Gasteiger partial charge in [0.2, 0.25) is 5.91 Å². The number of carbonyl (C=O) groups excluding carboxylic acids is 2. The molecule has 0 aromatic carbocycles. The third kappa shape index (κ3) is 60.4. The van der Waals surface area contributed by atoms with Gasteiger partial charge in [-0.15, -0.1) is 0 Å². The van der Waals surface area contributed by atoms with Crippen molar-refractivity contribution in [1.82, 2.24) is 5.32 Å². The predicted molar refractivity (Wildman–Crippen MR) is 342 cm³/mol. The van der Waals surface area contributed by atoms with Crippen molar-refractivity contribution in [2.45, 2.75) is 341 Å². The number of allylic oxidation sites excluding steroid dienone is 7. The average Bonchev–Trinajstić information content (AvgIpc) is 3.41. The SMILES string of the molecule is CCCCC/C=C\C/C=C\C/C=C\CCCCCCCCCCC(=O)NC(COP(=O)(O)OCC[N+](C)(C)C)C(/C=C/CCCCCCCCCCCCC)OC(=O)CCCCCCCCCCCCCCCCCCCCC. The fourth-order valence-electron chi connectivity index (χ4n) is 10.0. The van der Waals surface area contributed by atoms with E-state index in [1.54, 1.807) is 0 Å². The summed E-state index contributed by atoms with van der Waals surface area (Å²) in [5, 5.41) is 3.07. The number of ether oxygens (including phenoxy) is 1. The van der Waals surface area contributed by atoms with Gasteiger partial charge in [-0.2, -0.15) is 0 Å². The monoisotopic (exact) mass is 1130 g/mol. The minimum absolute atomic E-state index is 0.0400.